The fourth-order valence-electron chi connectivity index (χ4n) is 15.5. The lowest BCUT2D eigenvalue weighted by Gasteiger charge is -2.30. The molecule has 802 valence electrons. The van der Waals surface area contributed by atoms with Gasteiger partial charge in [-0.15, -0.1) is 0 Å². The molecule has 0 radical (unpaired) electrons. The molecular formula is C97H130N22O27S2. The van der Waals surface area contributed by atoms with Gasteiger partial charge in [0.05, 0.1) is 44.3 Å². The normalized spacial score (nSPS) is 15.1. The molecule has 0 fully saturated rings. The maximum absolute atomic E-state index is 15.3. The fraction of sp³-hybridized carbons (Fsp3) is 0.464. The van der Waals surface area contributed by atoms with Gasteiger partial charge in [0, 0.05) is 84.6 Å². The zero-order chi connectivity index (χ0) is 109. The maximum atomic E-state index is 15.3. The van der Waals surface area contributed by atoms with Crippen molar-refractivity contribution >= 4 is 170 Å². The van der Waals surface area contributed by atoms with Gasteiger partial charge in [0.2, 0.25) is 100 Å². The number of H-pyrrole nitrogens is 3. The number of carbonyl (C=O) groups is 21. The van der Waals surface area contributed by atoms with Crippen LogP contribution in [0.5, 0.6) is 0 Å². The van der Waals surface area contributed by atoms with E-state index in [-0.39, 0.29) is 55.7 Å². The van der Waals surface area contributed by atoms with Crippen LogP contribution in [0.4, 0.5) is 0 Å². The largest absolute Gasteiger partial charge is 0.481 e. The van der Waals surface area contributed by atoms with Gasteiger partial charge in [0.15, 0.2) is 0 Å². The Balaban J connectivity index is 1.10. The van der Waals surface area contributed by atoms with E-state index < -0.39 is 297 Å². The van der Waals surface area contributed by atoms with E-state index in [1.54, 1.807) is 135 Å². The number of aliphatic carboxylic acids is 4. The van der Waals surface area contributed by atoms with Crippen LogP contribution in [0.1, 0.15) is 128 Å². The van der Waals surface area contributed by atoms with Crippen LogP contribution in [0.15, 0.2) is 134 Å². The van der Waals surface area contributed by atoms with Crippen molar-refractivity contribution in [2.45, 2.75) is 241 Å². The molecule has 0 aliphatic rings. The molecule has 51 heteroatoms. The monoisotopic (exact) mass is 2100 g/mol. The van der Waals surface area contributed by atoms with E-state index in [1.165, 1.54) is 63.0 Å². The van der Waals surface area contributed by atoms with Crippen LogP contribution in [0.2, 0.25) is 0 Å². The Bertz CT molecular complexity index is 5790. The van der Waals surface area contributed by atoms with Crippen molar-refractivity contribution in [2.24, 2.45) is 23.3 Å². The predicted molar refractivity (Wildman–Crippen MR) is 539 cm³/mol. The lowest BCUT2D eigenvalue weighted by atomic mass is 9.96. The highest BCUT2D eigenvalue weighted by molar-refractivity contribution is 7.98. The summed E-state index contributed by atoms with van der Waals surface area (Å²) in [7, 11) is 0. The third-order valence-corrected chi connectivity index (χ3v) is 25.1. The summed E-state index contributed by atoms with van der Waals surface area (Å²) in [6.45, 7) is 8.77. The smallest absolute Gasteiger partial charge is 0.325 e. The topological polar surface area (TPSA) is 785 Å². The van der Waals surface area contributed by atoms with Crippen LogP contribution >= 0.6 is 23.5 Å². The van der Waals surface area contributed by atoms with Crippen LogP contribution in [0.3, 0.4) is 0 Å². The number of carboxylic acid groups (broad SMARTS) is 4. The Morgan fingerprint density at radius 1 is 0.358 bits per heavy atom. The predicted octanol–water partition coefficient (Wildman–Crippen LogP) is -3.63. The van der Waals surface area contributed by atoms with Crippen LogP contribution in [0, 0.1) is 11.8 Å². The van der Waals surface area contributed by atoms with Crippen LogP contribution < -0.4 is 96.5 Å². The molecule has 49 nitrogen and oxygen atoms in total. The molecule has 0 saturated heterocycles. The second kappa shape index (κ2) is 59.3. The summed E-state index contributed by atoms with van der Waals surface area (Å²) in [6.07, 6.45) is -0.992. The number of carboxylic acids is 4. The minimum Gasteiger partial charge on any atom is -0.481 e. The van der Waals surface area contributed by atoms with Crippen LogP contribution in [0.25, 0.3) is 21.8 Å². The van der Waals surface area contributed by atoms with Crippen molar-refractivity contribution in [3.05, 3.63) is 162 Å². The molecular weight excluding hydrogens is 1970 g/mol. The van der Waals surface area contributed by atoms with Gasteiger partial charge in [-0.2, -0.15) is 23.5 Å². The van der Waals surface area contributed by atoms with Gasteiger partial charge in [-0.25, -0.2) is 4.98 Å². The number of para-hydroxylation sites is 2. The van der Waals surface area contributed by atoms with Crippen molar-refractivity contribution < 1.29 is 131 Å². The molecule has 0 saturated carbocycles. The van der Waals surface area contributed by atoms with Gasteiger partial charge in [-0.3, -0.25) is 101 Å². The van der Waals surface area contributed by atoms with Crippen LogP contribution in [-0.4, -0.2) is 314 Å². The van der Waals surface area contributed by atoms with E-state index in [1.807, 2.05) is 0 Å². The summed E-state index contributed by atoms with van der Waals surface area (Å²) in [4.78, 5) is 306. The molecule has 0 aliphatic carbocycles. The molecule has 7 rings (SSSR count). The third kappa shape index (κ3) is 37.9. The molecule has 0 unspecified atom stereocenters. The fourth-order valence-corrected chi connectivity index (χ4v) is 16.4. The molecule has 7 aromatic rings. The Morgan fingerprint density at radius 2 is 0.689 bits per heavy atom. The number of imidazole rings is 1. The summed E-state index contributed by atoms with van der Waals surface area (Å²) >= 11 is 2.46. The second-order valence-corrected chi connectivity index (χ2v) is 37.7. The van der Waals surface area contributed by atoms with Gasteiger partial charge >= 0.3 is 23.9 Å². The molecule has 0 bridgehead atoms. The Hall–Kier alpha value is -15.4. The molecule has 148 heavy (non-hydrogen) atoms. The van der Waals surface area contributed by atoms with E-state index in [9.17, 15) is 122 Å². The zero-order valence-corrected chi connectivity index (χ0v) is 84.4. The number of aromatic nitrogens is 4. The molecule has 0 aliphatic heterocycles. The lowest BCUT2D eigenvalue weighted by molar-refractivity contribution is -0.142. The SMILES string of the molecule is CC[C@H](C)[C@H](NC(=O)[C@@H](NC(=O)[C@H](Cc1c[nH]c2ccccc12)NC(=O)[C@H](Cc1ccccc1)NC(=O)[C@H](CC(=O)O)NC(=O)[C@@H](NC(=O)[C@@H](NC(=O)[C@H](Cc1ccccc1)NC(=O)[C@H](CCSC)NC(=O)[C@H](Cc1cnc[nH]1)NC(=O)[C@H](CC(=O)O)NC(=O)[C@H](Cc1c[nH]c2ccccc12)NC(=O)CN)[C@@H](C)O)C(C)C)[C@@H](C)O)C(=O)N[C@@H](CCSC)C(=O)N[C@@H](CCC(=O)O)C(=O)N[C@@H](CC(N)=O)C(=O)N[C@@H](C)C(=O)O. The molecule has 4 aromatic carbocycles. The lowest BCUT2D eigenvalue weighted by Crippen LogP contribution is -2.63. The van der Waals surface area contributed by atoms with Gasteiger partial charge in [-0.05, 0) is 110 Å². The second-order valence-electron chi connectivity index (χ2n) is 35.7. The van der Waals surface area contributed by atoms with E-state index in [4.69, 9.17) is 11.5 Å². The van der Waals surface area contributed by atoms with Crippen molar-refractivity contribution in [1.29, 1.82) is 0 Å². The molecule has 3 aromatic heterocycles. The van der Waals surface area contributed by atoms with Gasteiger partial charge in [0.25, 0.3) is 0 Å². The highest BCUT2D eigenvalue weighted by atomic mass is 32.2. The van der Waals surface area contributed by atoms with E-state index in [2.05, 4.69) is 105 Å². The first kappa shape index (κ1) is 120. The summed E-state index contributed by atoms with van der Waals surface area (Å²) < 4.78 is 0. The Labute approximate surface area is 858 Å². The average molecular weight is 2100 g/mol. The van der Waals surface area contributed by atoms with Gasteiger partial charge in [-0.1, -0.05) is 131 Å². The Morgan fingerprint density at radius 3 is 1.07 bits per heavy atom. The number of aliphatic hydroxyl groups is 2. The van der Waals surface area contributed by atoms with E-state index in [0.29, 0.717) is 44.1 Å². The summed E-state index contributed by atoms with van der Waals surface area (Å²) in [5.41, 5.74) is 14.2. The number of hydrogen-bond acceptors (Lipinski definition) is 27. The number of aliphatic hydroxyl groups excluding tert-OH is 2. The maximum Gasteiger partial charge on any atom is 0.325 e. The molecule has 29 N–H and O–H groups in total. The standard InChI is InChI=1S/C97H130N22O27S2/c1-10-49(4)79(94(142)108-64(32-34-148-9)83(131)106-62(29-30-75(124)125)82(130)113-70(40-73(99)122)85(133)104-50(5)97(145)146)117-96(144)81(52(7)121)119-92(140)68(38-56-45-102-61-28-20-18-26-59(56)61)111-86(134)65(35-53-21-13-11-14-22-53)110-90(138)72(42-77(128)129)115-93(141)78(48(2)3)116-95(143)80(51(6)120)118-91(139)66(36-54-23-15-12-16-24-54)109-84(132)63(31-33-147-8)107-88(136)69(39-57-46-100-47-103-57)112-89(137)71(41-76(126)127)114-87(135)67(105-74(123)43-98)37-55-44-101-60-27-19-17-25-58(55)60/h11-28,44-52,62-72,78-81,101-102,120-121H,10,29-43,98H2,1-9H3,(H2,99,122)(H,100,103)(H,104,133)(H,105,123)(H,106,131)(H,107,136)(H,108,142)(H,109,132)(H,110,138)(H,111,134)(H,112,137)(H,113,130)(H,114,135)(H,115,141)(H,116,143)(H,117,144)(H,118,139)(H,119,140)(H,124,125)(H,126,127)(H,128,129)(H,145,146)/t49-,50-,51+,52+,62-,63-,64-,65-,66-,67-,68-,69-,70-,71-,72-,78-,79-,80-,81-/m0/s1. The number of amides is 17. The zero-order valence-electron chi connectivity index (χ0n) is 82.7. The quantitative estimate of drug-likeness (QED) is 0.0175. The van der Waals surface area contributed by atoms with Crippen LogP contribution in [-0.2, 0) is 133 Å². The third-order valence-electron chi connectivity index (χ3n) is 23.8. The minimum atomic E-state index is -2.11. The first-order chi connectivity index (χ1) is 70.2. The number of aromatic amines is 3. The number of thioether (sulfide) groups is 2. The van der Waals surface area contributed by atoms with Crippen molar-refractivity contribution in [3.8, 4) is 0 Å². The number of benzene rings is 4. The highest BCUT2D eigenvalue weighted by Crippen LogP contribution is 2.24. The number of rotatable bonds is 63. The number of nitrogens with one attached hydrogen (secondary N) is 19. The van der Waals surface area contributed by atoms with Crippen molar-refractivity contribution in [3.63, 3.8) is 0 Å². The highest BCUT2D eigenvalue weighted by Gasteiger charge is 2.43. The van der Waals surface area contributed by atoms with E-state index >= 15 is 9.59 Å². The molecule has 3 heterocycles. The number of nitrogens with zero attached hydrogens (tertiary/aromatic N) is 1. The van der Waals surface area contributed by atoms with Gasteiger partial charge in [0.1, 0.15) is 96.7 Å². The first-order valence-corrected chi connectivity index (χ1v) is 50.2. The van der Waals surface area contributed by atoms with Gasteiger partial charge < -0.3 is 142 Å². The molecule has 19 atom stereocenters. The molecule has 0 spiro atoms. The summed E-state index contributed by atoms with van der Waals surface area (Å²) in [5.74, 6) is -26.7. The number of primary amides is 1. The average Bonchev–Trinajstić information content (AvgIpc) is 1.68. The number of hydrogen-bond donors (Lipinski definition) is 27. The number of fused-ring (bicyclic) bond motifs is 2. The summed E-state index contributed by atoms with van der Waals surface area (Å²) in [5, 5.41) is 103. The number of carbonyl (C=O) groups excluding carboxylic acids is 17. The summed E-state index contributed by atoms with van der Waals surface area (Å²) in [6, 6.07) is 1.80. The van der Waals surface area contributed by atoms with Crippen molar-refractivity contribution in [2.75, 3.05) is 30.6 Å². The van der Waals surface area contributed by atoms with Crippen molar-refractivity contribution in [1.82, 2.24) is 105 Å². The molecule has 17 amide bonds. The minimum absolute atomic E-state index is 0.144. The van der Waals surface area contributed by atoms with E-state index in [0.717, 1.165) is 20.8 Å². The number of nitrogens with two attached hydrogens (primary N) is 2. The Kier molecular flexibility index (Phi) is 47.9. The first-order valence-electron chi connectivity index (χ1n) is 47.4.